The second kappa shape index (κ2) is 14.3. The van der Waals surface area contributed by atoms with E-state index in [1.54, 1.807) is 0 Å². The van der Waals surface area contributed by atoms with E-state index in [0.717, 1.165) is 66.4 Å². The average Bonchev–Trinajstić information content (AvgIpc) is 3.86. The van der Waals surface area contributed by atoms with Crippen molar-refractivity contribution in [3.8, 4) is 67.2 Å². The molecule has 0 bridgehead atoms. The molecule has 61 heavy (non-hydrogen) atoms. The molecule has 0 aliphatic rings. The lowest BCUT2D eigenvalue weighted by Gasteiger charge is -2.13. The summed E-state index contributed by atoms with van der Waals surface area (Å²) in [5.74, 6) is 0.679. The van der Waals surface area contributed by atoms with Crippen LogP contribution in [0.1, 0.15) is 0 Å². The molecule has 1 atom stereocenters. The largest absolute Gasteiger partial charge is 0.455 e. The first-order chi connectivity index (χ1) is 30.1. The third-order valence-electron chi connectivity index (χ3n) is 12.1. The van der Waals surface area contributed by atoms with E-state index in [4.69, 9.17) is 14.4 Å². The molecule has 0 fully saturated rings. The van der Waals surface area contributed by atoms with Gasteiger partial charge in [-0.15, -0.1) is 0 Å². The second-order valence-corrected chi connectivity index (χ2v) is 17.6. The van der Waals surface area contributed by atoms with Gasteiger partial charge in [-0.25, -0.2) is 9.97 Å². The fraction of sp³-hybridized carbons (Fsp3) is 0.0175. The summed E-state index contributed by atoms with van der Waals surface area (Å²) in [6.07, 6.45) is 2.33. The standard InChI is InChI=1S/C57H37N2OS/c1-61-51-28-11-9-24-47(51)53-52(61)30-29-49-54(53)55(48-26-14-25-46-45-23-8-10-27-50(45)60-56(46)48)59-57(58-49)41-22-13-20-39(32-41)38-19-12-21-40(31-38)44-34-42(36-15-4-2-5-16-36)33-43(35-44)37-17-6-3-7-18-37/h2-35H,1H3/q+1. The molecule has 0 spiro atoms. The van der Waals surface area contributed by atoms with Crippen LogP contribution in [0.4, 0.5) is 0 Å². The lowest BCUT2D eigenvalue weighted by Crippen LogP contribution is -1.96. The smallest absolute Gasteiger partial charge is 0.182 e. The molecule has 0 aliphatic carbocycles. The summed E-state index contributed by atoms with van der Waals surface area (Å²) < 4.78 is 9.36. The Morgan fingerprint density at radius 3 is 1.62 bits per heavy atom. The first-order valence-electron chi connectivity index (χ1n) is 20.6. The van der Waals surface area contributed by atoms with Gasteiger partial charge in [0.2, 0.25) is 0 Å². The molecule has 12 rings (SSSR count). The topological polar surface area (TPSA) is 38.9 Å². The molecule has 3 heterocycles. The highest BCUT2D eigenvalue weighted by Crippen LogP contribution is 2.47. The molecule has 3 nitrogen and oxygen atoms in total. The van der Waals surface area contributed by atoms with Crippen LogP contribution in [0.5, 0.6) is 0 Å². The van der Waals surface area contributed by atoms with Crippen molar-refractivity contribution < 1.29 is 4.42 Å². The fourth-order valence-corrected chi connectivity index (χ4v) is 11.0. The zero-order valence-corrected chi connectivity index (χ0v) is 34.2. The third kappa shape index (κ3) is 5.95. The van der Waals surface area contributed by atoms with Gasteiger partial charge < -0.3 is 4.42 Å². The Bertz CT molecular complexity index is 3600. The van der Waals surface area contributed by atoms with Crippen molar-refractivity contribution in [2.24, 2.45) is 6.26 Å². The highest BCUT2D eigenvalue weighted by molar-refractivity contribution is 7.41. The van der Waals surface area contributed by atoms with Gasteiger partial charge in [0.25, 0.3) is 0 Å². The molecule has 0 aliphatic heterocycles. The highest BCUT2D eigenvalue weighted by atomic mass is 32.2. The van der Waals surface area contributed by atoms with E-state index in [0.29, 0.717) is 5.82 Å². The van der Waals surface area contributed by atoms with Crippen LogP contribution in [0, 0.1) is 0 Å². The molecule has 3 aromatic heterocycles. The Balaban J connectivity index is 1.03. The summed E-state index contributed by atoms with van der Waals surface area (Å²) >= 11 is 0. The van der Waals surface area contributed by atoms with Crippen LogP contribution in [0.15, 0.2) is 211 Å². The maximum Gasteiger partial charge on any atom is 0.182 e. The number of fused-ring (bicyclic) bond motifs is 8. The van der Waals surface area contributed by atoms with Crippen LogP contribution >= 0.6 is 10.5 Å². The molecule has 4 heteroatoms. The molecule has 0 N–H and O–H groups in total. The van der Waals surface area contributed by atoms with Gasteiger partial charge in [-0.05, 0) is 116 Å². The molecule has 1 unspecified atom stereocenters. The summed E-state index contributed by atoms with van der Waals surface area (Å²) in [6, 6.07) is 73.7. The van der Waals surface area contributed by atoms with Gasteiger partial charge in [-0.1, -0.05) is 140 Å². The number of hydrogen-bond donors (Lipinski definition) is 0. The zero-order chi connectivity index (χ0) is 40.4. The van der Waals surface area contributed by atoms with E-state index in [-0.39, 0.29) is 10.5 Å². The van der Waals surface area contributed by atoms with Gasteiger partial charge in [0, 0.05) is 38.7 Å². The summed E-state index contributed by atoms with van der Waals surface area (Å²) in [7, 11) is -0.0661. The van der Waals surface area contributed by atoms with Crippen molar-refractivity contribution in [1.29, 1.82) is 0 Å². The van der Waals surface area contributed by atoms with Crippen LogP contribution in [0.3, 0.4) is 0 Å². The predicted octanol–water partition coefficient (Wildman–Crippen LogP) is 16.1. The number of hydrogen-bond acceptors (Lipinski definition) is 3. The van der Waals surface area contributed by atoms with Gasteiger partial charge >= 0.3 is 0 Å². The van der Waals surface area contributed by atoms with E-state index in [2.05, 4.69) is 200 Å². The quantitative estimate of drug-likeness (QED) is 0.157. The van der Waals surface area contributed by atoms with Crippen LogP contribution in [-0.2, 0) is 6.26 Å². The second-order valence-electron chi connectivity index (χ2n) is 15.7. The molecule has 9 aromatic carbocycles. The molecule has 0 saturated heterocycles. The summed E-state index contributed by atoms with van der Waals surface area (Å²) in [6.45, 7) is 0. The van der Waals surface area contributed by atoms with Gasteiger partial charge in [0.15, 0.2) is 15.2 Å². The number of benzene rings is 9. The summed E-state index contributed by atoms with van der Waals surface area (Å²) in [5, 5.41) is 5.73. The average molecular weight is 798 g/mol. The highest BCUT2D eigenvalue weighted by Gasteiger charge is 2.25. The first kappa shape index (κ1) is 35.3. The number of aromatic nitrogens is 2. The molecular formula is C57H37N2OS+. The number of nitrogens with zero attached hydrogens (tertiary/aromatic N) is 2. The number of thiophene rings is 1. The van der Waals surface area contributed by atoms with Gasteiger partial charge in [0.05, 0.1) is 16.6 Å². The van der Waals surface area contributed by atoms with Crippen molar-refractivity contribution in [2.75, 3.05) is 0 Å². The number of rotatable bonds is 6. The minimum Gasteiger partial charge on any atom is -0.455 e. The fourth-order valence-electron chi connectivity index (χ4n) is 9.15. The Hall–Kier alpha value is -7.66. The van der Waals surface area contributed by atoms with E-state index < -0.39 is 0 Å². The van der Waals surface area contributed by atoms with Crippen molar-refractivity contribution in [3.63, 3.8) is 0 Å². The van der Waals surface area contributed by atoms with Gasteiger partial charge in [-0.2, -0.15) is 0 Å². The van der Waals surface area contributed by atoms with Crippen LogP contribution in [0.2, 0.25) is 0 Å². The van der Waals surface area contributed by atoms with Crippen LogP contribution in [0.25, 0.3) is 120 Å². The Morgan fingerprint density at radius 1 is 0.377 bits per heavy atom. The Labute approximate surface area is 355 Å². The number of para-hydroxylation sites is 2. The molecular weight excluding hydrogens is 761 g/mol. The van der Waals surface area contributed by atoms with E-state index >= 15 is 0 Å². The minimum atomic E-state index is -0.0661. The van der Waals surface area contributed by atoms with Crippen molar-refractivity contribution in [2.45, 2.75) is 0 Å². The summed E-state index contributed by atoms with van der Waals surface area (Å²) in [5.41, 5.74) is 14.8. The lowest BCUT2D eigenvalue weighted by molar-refractivity contribution is 0.670. The molecule has 0 radical (unpaired) electrons. The SMILES string of the molecule is C[s+]1c2ccccc2c2c3c(-c4cccc5c4oc4ccccc45)nc(-c4cccc(-c5cccc(-c6cc(-c7ccccc7)cc(-c7ccccc7)c6)c5)c4)nc3ccc21. The maximum atomic E-state index is 6.67. The molecule has 0 amide bonds. The third-order valence-corrected chi connectivity index (χ3v) is 14.1. The number of aryl methyl sites for hydroxylation is 1. The summed E-state index contributed by atoms with van der Waals surface area (Å²) in [4.78, 5) is 10.9. The lowest BCUT2D eigenvalue weighted by atomic mass is 9.92. The molecule has 286 valence electrons. The van der Waals surface area contributed by atoms with Gasteiger partial charge in [-0.3, -0.25) is 0 Å². The van der Waals surface area contributed by atoms with E-state index in [1.165, 1.54) is 48.0 Å². The zero-order valence-electron chi connectivity index (χ0n) is 33.3. The minimum absolute atomic E-state index is 0.0661. The van der Waals surface area contributed by atoms with Crippen molar-refractivity contribution in [1.82, 2.24) is 9.97 Å². The molecule has 0 saturated carbocycles. The monoisotopic (exact) mass is 797 g/mol. The van der Waals surface area contributed by atoms with Crippen molar-refractivity contribution in [3.05, 3.63) is 206 Å². The Kier molecular flexibility index (Phi) is 8.25. The number of furan rings is 1. The van der Waals surface area contributed by atoms with E-state index in [9.17, 15) is 0 Å². The predicted molar refractivity (Wildman–Crippen MR) is 258 cm³/mol. The maximum absolute atomic E-state index is 6.67. The van der Waals surface area contributed by atoms with Crippen LogP contribution in [-0.4, -0.2) is 9.97 Å². The van der Waals surface area contributed by atoms with Gasteiger partial charge in [0.1, 0.15) is 17.4 Å². The van der Waals surface area contributed by atoms with E-state index in [1.807, 2.05) is 12.1 Å². The van der Waals surface area contributed by atoms with Crippen LogP contribution < -0.4 is 0 Å². The first-order valence-corrected chi connectivity index (χ1v) is 22.3. The van der Waals surface area contributed by atoms with Crippen molar-refractivity contribution >= 4 is 63.5 Å². The Morgan fingerprint density at radius 2 is 0.902 bits per heavy atom. The molecule has 12 aromatic rings. The normalized spacial score (nSPS) is 12.0.